The molecule has 0 fully saturated rings. The highest BCUT2D eigenvalue weighted by Crippen LogP contribution is 2.16. The number of hydrogen-bond donors (Lipinski definition) is 2. The predicted molar refractivity (Wildman–Crippen MR) is 71.4 cm³/mol. The first-order chi connectivity index (χ1) is 8.47. The number of benzene rings is 1. The van der Waals surface area contributed by atoms with Crippen LogP contribution in [0.2, 0.25) is 0 Å². The number of hydrogen-bond acceptors (Lipinski definition) is 5. The molecule has 8 heteroatoms. The van der Waals surface area contributed by atoms with Crippen molar-refractivity contribution >= 4 is 37.5 Å². The molecular weight excluding hydrogens is 320 g/mol. The lowest BCUT2D eigenvalue weighted by Gasteiger charge is -2.06. The normalized spacial score (nSPS) is 11.2. The second-order valence-electron chi connectivity index (χ2n) is 3.42. The number of halogens is 1. The lowest BCUT2D eigenvalue weighted by molar-refractivity contribution is 0.601. The van der Waals surface area contributed by atoms with E-state index in [0.717, 1.165) is 0 Å². The molecule has 0 saturated heterocycles. The van der Waals surface area contributed by atoms with Crippen molar-refractivity contribution in [2.45, 2.75) is 4.90 Å². The van der Waals surface area contributed by atoms with Crippen LogP contribution in [0.25, 0.3) is 0 Å². The summed E-state index contributed by atoms with van der Waals surface area (Å²) in [6.07, 6.45) is 0. The summed E-state index contributed by atoms with van der Waals surface area (Å²) in [5.74, 6) is 0.148. The van der Waals surface area contributed by atoms with Crippen LogP contribution in [0, 0.1) is 0 Å². The minimum absolute atomic E-state index is 0.112. The first-order valence-electron chi connectivity index (χ1n) is 4.85. The number of aromatic nitrogens is 2. The van der Waals surface area contributed by atoms with Crippen LogP contribution in [0.4, 0.5) is 11.5 Å². The largest absolute Gasteiger partial charge is 0.399 e. The number of nitrogens with two attached hydrogens (primary N) is 1. The van der Waals surface area contributed by atoms with Gasteiger partial charge >= 0.3 is 0 Å². The van der Waals surface area contributed by atoms with E-state index in [2.05, 4.69) is 30.8 Å². The van der Waals surface area contributed by atoms with Gasteiger partial charge in [0.05, 0.1) is 4.90 Å². The highest BCUT2D eigenvalue weighted by atomic mass is 79.9. The molecule has 0 aliphatic rings. The van der Waals surface area contributed by atoms with Crippen molar-refractivity contribution in [2.75, 3.05) is 10.5 Å². The Morgan fingerprint density at radius 1 is 1.06 bits per heavy atom. The van der Waals surface area contributed by atoms with Crippen molar-refractivity contribution in [1.29, 1.82) is 0 Å². The Hall–Kier alpha value is -1.67. The standard InChI is InChI=1S/C10H9BrN4O2S/c11-9-5-6-10(14-13-9)15-18(16,17)8-3-1-7(12)2-4-8/h1-6H,12H2,(H,14,15). The molecule has 0 spiro atoms. The molecule has 0 aliphatic heterocycles. The van der Waals surface area contributed by atoms with Crippen LogP contribution in [0.5, 0.6) is 0 Å². The quantitative estimate of drug-likeness (QED) is 0.834. The van der Waals surface area contributed by atoms with Crippen molar-refractivity contribution in [2.24, 2.45) is 0 Å². The molecule has 2 rings (SSSR count). The molecule has 0 radical (unpaired) electrons. The van der Waals surface area contributed by atoms with Crippen LogP contribution in [-0.4, -0.2) is 18.6 Å². The van der Waals surface area contributed by atoms with E-state index >= 15 is 0 Å². The highest BCUT2D eigenvalue weighted by molar-refractivity contribution is 9.10. The van der Waals surface area contributed by atoms with Gasteiger partial charge in [-0.15, -0.1) is 10.2 Å². The first kappa shape index (κ1) is 12.8. The number of nitrogens with zero attached hydrogens (tertiary/aromatic N) is 2. The summed E-state index contributed by atoms with van der Waals surface area (Å²) in [4.78, 5) is 0.112. The molecule has 0 aliphatic carbocycles. The van der Waals surface area contributed by atoms with E-state index in [4.69, 9.17) is 5.73 Å². The molecule has 1 heterocycles. The zero-order chi connectivity index (χ0) is 13.2. The Morgan fingerprint density at radius 2 is 1.72 bits per heavy atom. The predicted octanol–water partition coefficient (Wildman–Crippen LogP) is 1.62. The molecule has 1 aromatic heterocycles. The Kier molecular flexibility index (Phi) is 3.48. The minimum Gasteiger partial charge on any atom is -0.399 e. The maximum Gasteiger partial charge on any atom is 0.263 e. The molecule has 18 heavy (non-hydrogen) atoms. The molecular formula is C10H9BrN4O2S. The van der Waals surface area contributed by atoms with Gasteiger partial charge in [-0.2, -0.15) is 0 Å². The Balaban J connectivity index is 2.27. The van der Waals surface area contributed by atoms with Crippen molar-refractivity contribution < 1.29 is 8.42 Å². The second kappa shape index (κ2) is 4.91. The van der Waals surface area contributed by atoms with Gasteiger partial charge < -0.3 is 5.73 Å². The third-order valence-electron chi connectivity index (χ3n) is 2.06. The monoisotopic (exact) mass is 328 g/mol. The summed E-state index contributed by atoms with van der Waals surface area (Å²) in [6, 6.07) is 8.97. The zero-order valence-corrected chi connectivity index (χ0v) is 11.4. The minimum atomic E-state index is -3.67. The van der Waals surface area contributed by atoms with E-state index in [1.807, 2.05) is 0 Å². The topological polar surface area (TPSA) is 98.0 Å². The molecule has 0 bridgehead atoms. The van der Waals surface area contributed by atoms with E-state index < -0.39 is 10.0 Å². The smallest absolute Gasteiger partial charge is 0.263 e. The average molecular weight is 329 g/mol. The lowest BCUT2D eigenvalue weighted by Crippen LogP contribution is -2.14. The van der Waals surface area contributed by atoms with Gasteiger partial charge in [-0.3, -0.25) is 4.72 Å². The Labute approximate surface area is 112 Å². The molecule has 94 valence electrons. The summed E-state index contributed by atoms with van der Waals surface area (Å²) in [7, 11) is -3.67. The molecule has 0 amide bonds. The van der Waals surface area contributed by atoms with Crippen LogP contribution in [0.15, 0.2) is 45.9 Å². The number of rotatable bonds is 3. The van der Waals surface area contributed by atoms with E-state index in [1.165, 1.54) is 30.3 Å². The Bertz CT molecular complexity index is 641. The third kappa shape index (κ3) is 2.96. The maximum atomic E-state index is 12.0. The van der Waals surface area contributed by atoms with Gasteiger partial charge in [-0.1, -0.05) is 0 Å². The zero-order valence-electron chi connectivity index (χ0n) is 9.04. The highest BCUT2D eigenvalue weighted by Gasteiger charge is 2.14. The van der Waals surface area contributed by atoms with Crippen molar-refractivity contribution in [1.82, 2.24) is 10.2 Å². The number of nitrogens with one attached hydrogen (secondary N) is 1. The van der Waals surface area contributed by atoms with Crippen molar-refractivity contribution in [3.63, 3.8) is 0 Å². The van der Waals surface area contributed by atoms with Gasteiger partial charge in [0.15, 0.2) is 5.82 Å². The summed E-state index contributed by atoms with van der Waals surface area (Å²) in [6.45, 7) is 0. The molecule has 2 aromatic rings. The average Bonchev–Trinajstić information content (AvgIpc) is 2.32. The first-order valence-corrected chi connectivity index (χ1v) is 7.12. The van der Waals surface area contributed by atoms with Gasteiger partial charge in [0.25, 0.3) is 10.0 Å². The lowest BCUT2D eigenvalue weighted by atomic mass is 10.3. The second-order valence-corrected chi connectivity index (χ2v) is 5.91. The van der Waals surface area contributed by atoms with E-state index in [1.54, 1.807) is 6.07 Å². The van der Waals surface area contributed by atoms with Crippen molar-refractivity contribution in [3.8, 4) is 0 Å². The number of nitrogen functional groups attached to an aromatic ring is 1. The van der Waals surface area contributed by atoms with Crippen LogP contribution in [0.3, 0.4) is 0 Å². The summed E-state index contributed by atoms with van der Waals surface area (Å²) in [5.41, 5.74) is 5.99. The van der Waals surface area contributed by atoms with E-state index in [0.29, 0.717) is 10.3 Å². The fraction of sp³-hybridized carbons (Fsp3) is 0. The molecule has 3 N–H and O–H groups in total. The molecule has 6 nitrogen and oxygen atoms in total. The molecule has 1 aromatic carbocycles. The fourth-order valence-electron chi connectivity index (χ4n) is 1.21. The van der Waals surface area contributed by atoms with Crippen LogP contribution in [0.1, 0.15) is 0 Å². The molecule has 0 saturated carbocycles. The SMILES string of the molecule is Nc1ccc(S(=O)(=O)Nc2ccc(Br)nn2)cc1. The van der Waals surface area contributed by atoms with E-state index in [-0.39, 0.29) is 10.7 Å². The number of sulfonamides is 1. The van der Waals surface area contributed by atoms with Gasteiger partial charge in [-0.05, 0) is 52.3 Å². The fourth-order valence-corrected chi connectivity index (χ4v) is 2.42. The summed E-state index contributed by atoms with van der Waals surface area (Å²) < 4.78 is 26.8. The van der Waals surface area contributed by atoms with Crippen LogP contribution < -0.4 is 10.5 Å². The molecule has 0 unspecified atom stereocenters. The van der Waals surface area contributed by atoms with Gasteiger partial charge in [0.1, 0.15) is 4.60 Å². The Morgan fingerprint density at radius 3 is 2.28 bits per heavy atom. The van der Waals surface area contributed by atoms with Gasteiger partial charge in [0.2, 0.25) is 0 Å². The summed E-state index contributed by atoms with van der Waals surface area (Å²) in [5, 5.41) is 7.39. The van der Waals surface area contributed by atoms with E-state index in [9.17, 15) is 8.42 Å². The van der Waals surface area contributed by atoms with Gasteiger partial charge in [0, 0.05) is 5.69 Å². The molecule has 0 atom stereocenters. The number of anilines is 2. The third-order valence-corrected chi connectivity index (χ3v) is 3.85. The maximum absolute atomic E-state index is 12.0. The summed E-state index contributed by atoms with van der Waals surface area (Å²) >= 11 is 3.11. The van der Waals surface area contributed by atoms with Crippen LogP contribution in [-0.2, 0) is 10.0 Å². The van der Waals surface area contributed by atoms with Crippen LogP contribution >= 0.6 is 15.9 Å². The van der Waals surface area contributed by atoms with Crippen molar-refractivity contribution in [3.05, 3.63) is 41.0 Å². The van der Waals surface area contributed by atoms with Gasteiger partial charge in [-0.25, -0.2) is 8.42 Å².